The van der Waals surface area contributed by atoms with Gasteiger partial charge in [0.05, 0.1) is 12.2 Å². The van der Waals surface area contributed by atoms with Gasteiger partial charge in [0.15, 0.2) is 0 Å². The van der Waals surface area contributed by atoms with Crippen molar-refractivity contribution in [3.63, 3.8) is 0 Å². The Balaban J connectivity index is 1.66. The van der Waals surface area contributed by atoms with Gasteiger partial charge in [0.1, 0.15) is 5.69 Å². The fourth-order valence-electron chi connectivity index (χ4n) is 3.49. The molecule has 33 heavy (non-hydrogen) atoms. The van der Waals surface area contributed by atoms with Gasteiger partial charge in [0.25, 0.3) is 5.91 Å². The summed E-state index contributed by atoms with van der Waals surface area (Å²) in [6, 6.07) is 25.2. The van der Waals surface area contributed by atoms with Crippen molar-refractivity contribution in [3.05, 3.63) is 105 Å². The number of carbonyl (C=O) groups excluding carboxylic acids is 1. The highest BCUT2D eigenvalue weighted by atomic mass is 79.9. The van der Waals surface area contributed by atoms with Gasteiger partial charge in [-0.3, -0.25) is 9.48 Å². The van der Waals surface area contributed by atoms with Crippen molar-refractivity contribution in [1.82, 2.24) is 9.78 Å². The largest absolute Gasteiger partial charge is 0.321 e. The fraction of sp³-hybridized carbons (Fsp3) is 0.185. The van der Waals surface area contributed by atoms with Crippen molar-refractivity contribution in [2.24, 2.45) is 0 Å². The molecule has 1 N–H and O–H groups in total. The Labute approximate surface area is 207 Å². The molecule has 1 amide bonds. The summed E-state index contributed by atoms with van der Waals surface area (Å²) in [6.07, 6.45) is 0. The van der Waals surface area contributed by atoms with E-state index in [0.29, 0.717) is 17.3 Å². The Morgan fingerprint density at radius 1 is 0.970 bits per heavy atom. The van der Waals surface area contributed by atoms with Crippen molar-refractivity contribution < 1.29 is 4.79 Å². The molecule has 0 fully saturated rings. The van der Waals surface area contributed by atoms with Crippen molar-refractivity contribution in [2.75, 3.05) is 5.32 Å². The Hall–Kier alpha value is -2.89. The molecule has 0 atom stereocenters. The van der Waals surface area contributed by atoms with Gasteiger partial charge in [0, 0.05) is 20.7 Å². The first-order valence-electron chi connectivity index (χ1n) is 10.7. The SMILES string of the molecule is CC(C)(C)c1ccc(Cn2nc(-c3ccc(Cl)cc3)cc2C(=O)Nc2ccc(Br)cc2)cc1. The maximum absolute atomic E-state index is 13.2. The van der Waals surface area contributed by atoms with Crippen LogP contribution in [0, 0.1) is 0 Å². The van der Waals surface area contributed by atoms with E-state index in [4.69, 9.17) is 16.7 Å². The van der Waals surface area contributed by atoms with E-state index in [-0.39, 0.29) is 11.3 Å². The normalized spacial score (nSPS) is 11.4. The Morgan fingerprint density at radius 2 is 1.61 bits per heavy atom. The third kappa shape index (κ3) is 5.73. The molecule has 4 rings (SSSR count). The topological polar surface area (TPSA) is 46.9 Å². The van der Waals surface area contributed by atoms with E-state index < -0.39 is 0 Å². The van der Waals surface area contributed by atoms with Crippen molar-refractivity contribution >= 4 is 39.1 Å². The molecule has 4 nitrogen and oxygen atoms in total. The number of rotatable bonds is 5. The summed E-state index contributed by atoms with van der Waals surface area (Å²) in [4.78, 5) is 13.2. The second-order valence-corrected chi connectivity index (χ2v) is 10.3. The van der Waals surface area contributed by atoms with Gasteiger partial charge in [0.2, 0.25) is 0 Å². The lowest BCUT2D eigenvalue weighted by Gasteiger charge is -2.19. The highest BCUT2D eigenvalue weighted by molar-refractivity contribution is 9.10. The summed E-state index contributed by atoms with van der Waals surface area (Å²) in [5.74, 6) is -0.212. The monoisotopic (exact) mass is 521 g/mol. The average Bonchev–Trinajstić information content (AvgIpc) is 3.19. The lowest BCUT2D eigenvalue weighted by atomic mass is 9.87. The van der Waals surface area contributed by atoms with Crippen LogP contribution in [0.1, 0.15) is 42.4 Å². The Bertz CT molecular complexity index is 1250. The highest BCUT2D eigenvalue weighted by Gasteiger charge is 2.18. The van der Waals surface area contributed by atoms with Crippen LogP contribution in [-0.4, -0.2) is 15.7 Å². The molecule has 0 radical (unpaired) electrons. The number of nitrogens with one attached hydrogen (secondary N) is 1. The second kappa shape index (κ2) is 9.54. The van der Waals surface area contributed by atoms with Crippen LogP contribution in [-0.2, 0) is 12.0 Å². The minimum absolute atomic E-state index is 0.0850. The van der Waals surface area contributed by atoms with E-state index in [1.807, 2.05) is 54.6 Å². The third-order valence-electron chi connectivity index (χ3n) is 5.41. The lowest BCUT2D eigenvalue weighted by molar-refractivity contribution is 0.101. The molecule has 0 saturated heterocycles. The molecule has 6 heteroatoms. The van der Waals surface area contributed by atoms with Gasteiger partial charge in [-0.1, -0.05) is 84.7 Å². The first-order valence-corrected chi connectivity index (χ1v) is 11.9. The minimum Gasteiger partial charge on any atom is -0.321 e. The molecule has 0 unspecified atom stereocenters. The number of halogens is 2. The number of amides is 1. The molecule has 0 aliphatic heterocycles. The summed E-state index contributed by atoms with van der Waals surface area (Å²) >= 11 is 9.47. The quantitative estimate of drug-likeness (QED) is 0.294. The molecule has 0 spiro atoms. The first-order chi connectivity index (χ1) is 15.7. The zero-order chi connectivity index (χ0) is 23.6. The Morgan fingerprint density at radius 3 is 2.21 bits per heavy atom. The number of anilines is 1. The van der Waals surface area contributed by atoms with E-state index in [1.165, 1.54) is 5.56 Å². The smallest absolute Gasteiger partial charge is 0.273 e. The van der Waals surface area contributed by atoms with Crippen LogP contribution in [0.25, 0.3) is 11.3 Å². The fourth-order valence-corrected chi connectivity index (χ4v) is 3.88. The molecule has 1 heterocycles. The summed E-state index contributed by atoms with van der Waals surface area (Å²) in [6.45, 7) is 7.07. The number of nitrogens with zero attached hydrogens (tertiary/aromatic N) is 2. The maximum Gasteiger partial charge on any atom is 0.273 e. The molecular weight excluding hydrogens is 498 g/mol. The van der Waals surface area contributed by atoms with Gasteiger partial charge in [-0.15, -0.1) is 0 Å². The molecule has 3 aromatic carbocycles. The van der Waals surface area contributed by atoms with Crippen LogP contribution in [0.4, 0.5) is 5.69 Å². The van der Waals surface area contributed by atoms with Crippen LogP contribution in [0.2, 0.25) is 5.02 Å². The van der Waals surface area contributed by atoms with Crippen LogP contribution in [0.3, 0.4) is 0 Å². The second-order valence-electron chi connectivity index (χ2n) is 8.99. The maximum atomic E-state index is 13.2. The number of carbonyl (C=O) groups is 1. The molecule has 1 aromatic heterocycles. The number of benzene rings is 3. The first kappa shape index (κ1) is 23.3. The van der Waals surface area contributed by atoms with E-state index in [1.54, 1.807) is 4.68 Å². The third-order valence-corrected chi connectivity index (χ3v) is 6.19. The molecule has 168 valence electrons. The van der Waals surface area contributed by atoms with Crippen LogP contribution in [0.15, 0.2) is 83.3 Å². The van der Waals surface area contributed by atoms with Crippen LogP contribution in [0.5, 0.6) is 0 Å². The predicted molar refractivity (Wildman–Crippen MR) is 139 cm³/mol. The van der Waals surface area contributed by atoms with Crippen molar-refractivity contribution in [1.29, 1.82) is 0 Å². The van der Waals surface area contributed by atoms with E-state index in [9.17, 15) is 4.79 Å². The summed E-state index contributed by atoms with van der Waals surface area (Å²) in [5.41, 5.74) is 5.26. The summed E-state index contributed by atoms with van der Waals surface area (Å²) in [7, 11) is 0. The van der Waals surface area contributed by atoms with Gasteiger partial charge < -0.3 is 5.32 Å². The number of hydrogen-bond acceptors (Lipinski definition) is 2. The number of aromatic nitrogens is 2. The van der Waals surface area contributed by atoms with E-state index in [0.717, 1.165) is 27.0 Å². The minimum atomic E-state index is -0.212. The van der Waals surface area contributed by atoms with Gasteiger partial charge in [-0.05, 0) is 59.0 Å². The van der Waals surface area contributed by atoms with Gasteiger partial charge >= 0.3 is 0 Å². The summed E-state index contributed by atoms with van der Waals surface area (Å²) < 4.78 is 2.71. The molecule has 0 aliphatic rings. The Kier molecular flexibility index (Phi) is 6.73. The molecular formula is C27H25BrClN3O. The predicted octanol–water partition coefficient (Wildman–Crippen LogP) is 7.56. The standard InChI is InChI=1S/C27H25BrClN3O/c1-27(2,3)20-8-4-18(5-9-20)17-32-25(26(33)30-23-14-10-21(28)11-15-23)16-24(31-32)19-6-12-22(29)13-7-19/h4-16H,17H2,1-3H3,(H,30,33). The zero-order valence-electron chi connectivity index (χ0n) is 18.8. The van der Waals surface area contributed by atoms with Crippen LogP contribution >= 0.6 is 27.5 Å². The molecule has 4 aromatic rings. The van der Waals surface area contributed by atoms with E-state index >= 15 is 0 Å². The molecule has 0 saturated carbocycles. The van der Waals surface area contributed by atoms with Crippen LogP contribution < -0.4 is 5.32 Å². The van der Waals surface area contributed by atoms with Crippen molar-refractivity contribution in [3.8, 4) is 11.3 Å². The zero-order valence-corrected chi connectivity index (χ0v) is 21.1. The number of hydrogen-bond donors (Lipinski definition) is 1. The highest BCUT2D eigenvalue weighted by Crippen LogP contribution is 2.25. The molecule has 0 bridgehead atoms. The van der Waals surface area contributed by atoms with Gasteiger partial charge in [-0.2, -0.15) is 5.10 Å². The average molecular weight is 523 g/mol. The van der Waals surface area contributed by atoms with Crippen molar-refractivity contribution in [2.45, 2.75) is 32.7 Å². The summed E-state index contributed by atoms with van der Waals surface area (Å²) in [5, 5.41) is 8.39. The lowest BCUT2D eigenvalue weighted by Crippen LogP contribution is -2.18. The van der Waals surface area contributed by atoms with Gasteiger partial charge in [-0.25, -0.2) is 0 Å². The molecule has 0 aliphatic carbocycles. The van der Waals surface area contributed by atoms with E-state index in [2.05, 4.69) is 66.3 Å².